The van der Waals surface area contributed by atoms with Crippen LogP contribution in [-0.2, 0) is 9.53 Å². The Kier molecular flexibility index (Phi) is 5.92. The van der Waals surface area contributed by atoms with Crippen molar-refractivity contribution in [3.05, 3.63) is 35.6 Å². The average Bonchev–Trinajstić information content (AvgIpc) is 2.41. The Morgan fingerprint density at radius 2 is 2.00 bits per heavy atom. The number of benzene rings is 1. The minimum atomic E-state index is -0.636. The molecule has 0 bridgehead atoms. The highest BCUT2D eigenvalue weighted by molar-refractivity contribution is 5.81. The maximum absolute atomic E-state index is 12.9. The fourth-order valence-electron chi connectivity index (χ4n) is 2.02. The number of methoxy groups -OCH3 is 1. The summed E-state index contributed by atoms with van der Waals surface area (Å²) >= 11 is 0. The van der Waals surface area contributed by atoms with Crippen molar-refractivity contribution < 1.29 is 13.9 Å². The lowest BCUT2D eigenvalue weighted by Crippen LogP contribution is -2.44. The number of rotatable bonds is 6. The van der Waals surface area contributed by atoms with E-state index in [-0.39, 0.29) is 24.3 Å². The number of nitrogens with zero attached hydrogens (tertiary/aromatic N) is 1. The number of hydrogen-bond acceptors (Lipinski definition) is 3. The van der Waals surface area contributed by atoms with Crippen LogP contribution in [0, 0.1) is 5.82 Å². The molecule has 1 rings (SSSR count). The van der Waals surface area contributed by atoms with Crippen LogP contribution in [0.15, 0.2) is 24.3 Å². The third-order valence-corrected chi connectivity index (χ3v) is 3.22. The molecule has 5 heteroatoms. The number of likely N-dealkylation sites (N-methyl/N-ethyl adjacent to an activating group) is 1. The first-order valence-electron chi connectivity index (χ1n) is 6.33. The molecule has 2 unspecified atom stereocenters. The first-order chi connectivity index (χ1) is 9.04. The van der Waals surface area contributed by atoms with Crippen molar-refractivity contribution in [3.8, 4) is 0 Å². The van der Waals surface area contributed by atoms with Crippen molar-refractivity contribution in [2.45, 2.75) is 26.0 Å². The molecule has 2 atom stereocenters. The van der Waals surface area contributed by atoms with Crippen LogP contribution in [0.5, 0.6) is 0 Å². The molecule has 106 valence electrons. The normalized spacial score (nSPS) is 13.9. The van der Waals surface area contributed by atoms with Gasteiger partial charge >= 0.3 is 0 Å². The zero-order valence-corrected chi connectivity index (χ0v) is 11.6. The molecule has 0 saturated heterocycles. The fourth-order valence-corrected chi connectivity index (χ4v) is 2.02. The van der Waals surface area contributed by atoms with Crippen molar-refractivity contribution in [1.82, 2.24) is 4.90 Å². The van der Waals surface area contributed by atoms with Crippen molar-refractivity contribution >= 4 is 5.91 Å². The van der Waals surface area contributed by atoms with Crippen LogP contribution in [0.2, 0.25) is 0 Å². The number of amides is 1. The summed E-state index contributed by atoms with van der Waals surface area (Å²) in [6, 6.07) is 5.99. The summed E-state index contributed by atoms with van der Waals surface area (Å²) in [6.45, 7) is 4.47. The maximum Gasteiger partial charge on any atom is 0.253 e. The average molecular weight is 268 g/mol. The largest absolute Gasteiger partial charge is 0.370 e. The van der Waals surface area contributed by atoms with E-state index in [0.717, 1.165) is 5.56 Å². The third-order valence-electron chi connectivity index (χ3n) is 3.22. The second kappa shape index (κ2) is 7.21. The molecule has 19 heavy (non-hydrogen) atoms. The highest BCUT2D eigenvalue weighted by Crippen LogP contribution is 2.21. The van der Waals surface area contributed by atoms with Gasteiger partial charge < -0.3 is 15.4 Å². The number of nitrogens with two attached hydrogens (primary N) is 1. The van der Waals surface area contributed by atoms with Crippen LogP contribution in [0.3, 0.4) is 0 Å². The van der Waals surface area contributed by atoms with Crippen molar-refractivity contribution in [2.24, 2.45) is 5.73 Å². The van der Waals surface area contributed by atoms with E-state index < -0.39 is 6.10 Å². The molecule has 0 aromatic heterocycles. The second-order valence-corrected chi connectivity index (χ2v) is 4.31. The lowest BCUT2D eigenvalue weighted by Gasteiger charge is -2.31. The first kappa shape index (κ1) is 15.6. The number of halogens is 1. The quantitative estimate of drug-likeness (QED) is 0.854. The summed E-state index contributed by atoms with van der Waals surface area (Å²) in [6.07, 6.45) is -0.636. The van der Waals surface area contributed by atoms with Gasteiger partial charge in [-0.1, -0.05) is 12.1 Å². The predicted octanol–water partition coefficient (Wildman–Crippen LogP) is 1.71. The molecular formula is C14H21FN2O2. The molecule has 0 aliphatic rings. The Bertz CT molecular complexity index is 404. The number of carbonyl (C=O) groups is 1. The van der Waals surface area contributed by atoms with Gasteiger partial charge in [-0.25, -0.2) is 4.39 Å². The molecule has 0 fully saturated rings. The van der Waals surface area contributed by atoms with E-state index in [0.29, 0.717) is 6.54 Å². The summed E-state index contributed by atoms with van der Waals surface area (Å²) in [4.78, 5) is 13.9. The molecule has 2 N–H and O–H groups in total. The van der Waals surface area contributed by atoms with Crippen LogP contribution in [0.4, 0.5) is 4.39 Å². The van der Waals surface area contributed by atoms with E-state index in [1.807, 2.05) is 13.8 Å². The van der Waals surface area contributed by atoms with Crippen LogP contribution in [0.1, 0.15) is 25.5 Å². The lowest BCUT2D eigenvalue weighted by molar-refractivity contribution is -0.143. The number of hydrogen-bond donors (Lipinski definition) is 1. The fraction of sp³-hybridized carbons (Fsp3) is 0.500. The predicted molar refractivity (Wildman–Crippen MR) is 72.1 cm³/mol. The Morgan fingerprint density at radius 1 is 1.42 bits per heavy atom. The van der Waals surface area contributed by atoms with Gasteiger partial charge in [-0.05, 0) is 31.5 Å². The Labute approximate surface area is 113 Å². The van der Waals surface area contributed by atoms with E-state index in [1.165, 1.54) is 19.2 Å². The van der Waals surface area contributed by atoms with E-state index in [4.69, 9.17) is 10.5 Å². The summed E-state index contributed by atoms with van der Waals surface area (Å²) in [5.74, 6) is -0.439. The molecule has 0 aliphatic carbocycles. The van der Waals surface area contributed by atoms with E-state index in [2.05, 4.69) is 0 Å². The molecule has 0 saturated carbocycles. The molecule has 0 heterocycles. The highest BCUT2D eigenvalue weighted by atomic mass is 19.1. The third kappa shape index (κ3) is 3.75. The molecule has 4 nitrogen and oxygen atoms in total. The smallest absolute Gasteiger partial charge is 0.253 e. The SMILES string of the molecule is CCN(C(=O)C(CN)OC)C(C)c1ccc(F)cc1. The molecule has 0 spiro atoms. The monoisotopic (exact) mass is 268 g/mol. The van der Waals surface area contributed by atoms with Gasteiger partial charge in [-0.3, -0.25) is 4.79 Å². The second-order valence-electron chi connectivity index (χ2n) is 4.31. The topological polar surface area (TPSA) is 55.6 Å². The van der Waals surface area contributed by atoms with Gasteiger partial charge in [0.2, 0.25) is 0 Å². The molecule has 1 amide bonds. The minimum absolute atomic E-state index is 0.141. The summed E-state index contributed by atoms with van der Waals surface area (Å²) in [7, 11) is 1.46. The van der Waals surface area contributed by atoms with Crippen LogP contribution < -0.4 is 5.73 Å². The first-order valence-corrected chi connectivity index (χ1v) is 6.33. The summed E-state index contributed by atoms with van der Waals surface area (Å²) in [5, 5.41) is 0. The van der Waals surface area contributed by atoms with Gasteiger partial charge in [-0.15, -0.1) is 0 Å². The summed E-state index contributed by atoms with van der Waals surface area (Å²) < 4.78 is 18.0. The van der Waals surface area contributed by atoms with Gasteiger partial charge in [-0.2, -0.15) is 0 Å². The lowest BCUT2D eigenvalue weighted by atomic mass is 10.1. The Hall–Kier alpha value is -1.46. The Morgan fingerprint density at radius 3 is 2.42 bits per heavy atom. The maximum atomic E-state index is 12.9. The molecule has 1 aromatic carbocycles. The van der Waals surface area contributed by atoms with Crippen molar-refractivity contribution in [2.75, 3.05) is 20.2 Å². The molecular weight excluding hydrogens is 247 g/mol. The molecule has 1 aromatic rings. The molecule has 0 aliphatic heterocycles. The van der Waals surface area contributed by atoms with E-state index in [1.54, 1.807) is 17.0 Å². The Balaban J connectivity index is 2.90. The van der Waals surface area contributed by atoms with Crippen LogP contribution in [-0.4, -0.2) is 37.1 Å². The molecule has 0 radical (unpaired) electrons. The van der Waals surface area contributed by atoms with Crippen molar-refractivity contribution in [1.29, 1.82) is 0 Å². The van der Waals surface area contributed by atoms with Crippen LogP contribution in [0.25, 0.3) is 0 Å². The number of carbonyl (C=O) groups excluding carboxylic acids is 1. The van der Waals surface area contributed by atoms with E-state index in [9.17, 15) is 9.18 Å². The van der Waals surface area contributed by atoms with Crippen LogP contribution >= 0.6 is 0 Å². The van der Waals surface area contributed by atoms with Gasteiger partial charge in [0.15, 0.2) is 0 Å². The van der Waals surface area contributed by atoms with Gasteiger partial charge in [0.25, 0.3) is 5.91 Å². The minimum Gasteiger partial charge on any atom is -0.370 e. The zero-order valence-electron chi connectivity index (χ0n) is 11.6. The standard InChI is InChI=1S/C14H21FN2O2/c1-4-17(14(18)13(9-16)19-3)10(2)11-5-7-12(15)8-6-11/h5-8,10,13H,4,9,16H2,1-3H3. The summed E-state index contributed by atoms with van der Waals surface area (Å²) in [5.41, 5.74) is 6.39. The van der Waals surface area contributed by atoms with Gasteiger partial charge in [0, 0.05) is 20.2 Å². The van der Waals surface area contributed by atoms with E-state index >= 15 is 0 Å². The van der Waals surface area contributed by atoms with Crippen molar-refractivity contribution in [3.63, 3.8) is 0 Å². The zero-order chi connectivity index (χ0) is 14.4. The van der Waals surface area contributed by atoms with Gasteiger partial charge in [0.1, 0.15) is 11.9 Å². The van der Waals surface area contributed by atoms with Gasteiger partial charge in [0.05, 0.1) is 6.04 Å². The highest BCUT2D eigenvalue weighted by Gasteiger charge is 2.26. The number of ether oxygens (including phenoxy) is 1.